The van der Waals surface area contributed by atoms with Crippen LogP contribution in [0.4, 0.5) is 0 Å². The number of nitrogens with zero attached hydrogens (tertiary/aromatic N) is 3. The first kappa shape index (κ1) is 15.8. The van der Waals surface area contributed by atoms with Crippen molar-refractivity contribution in [2.24, 2.45) is 0 Å². The molecule has 0 radical (unpaired) electrons. The number of fused-ring (bicyclic) bond motifs is 3. The van der Waals surface area contributed by atoms with Gasteiger partial charge in [-0.1, -0.05) is 12.1 Å². The van der Waals surface area contributed by atoms with Gasteiger partial charge in [-0.2, -0.15) is 0 Å². The number of hydrogen-bond donors (Lipinski definition) is 0. The molecule has 3 aromatic rings. The van der Waals surface area contributed by atoms with E-state index < -0.39 is 0 Å². The number of ether oxygens (including phenoxy) is 1. The Balaban J connectivity index is 1.65. The number of hydrogen-bond acceptors (Lipinski definition) is 5. The normalized spacial score (nSPS) is 21.1. The SMILES string of the molecule is CC1CN(C(=O)Cn2cnc3c(oc4ccccc43)c2=O)CC(C)O1. The van der Waals surface area contributed by atoms with E-state index in [2.05, 4.69) is 4.98 Å². The Morgan fingerprint density at radius 1 is 1.24 bits per heavy atom. The fourth-order valence-electron chi connectivity index (χ4n) is 3.36. The third kappa shape index (κ3) is 2.80. The van der Waals surface area contributed by atoms with Crippen molar-refractivity contribution in [1.82, 2.24) is 14.5 Å². The fraction of sp³-hybridized carbons (Fsp3) is 0.389. The van der Waals surface area contributed by atoms with E-state index in [0.717, 1.165) is 5.39 Å². The summed E-state index contributed by atoms with van der Waals surface area (Å²) < 4.78 is 12.6. The van der Waals surface area contributed by atoms with E-state index in [-0.39, 0.29) is 35.8 Å². The highest BCUT2D eigenvalue weighted by Gasteiger charge is 2.26. The van der Waals surface area contributed by atoms with Crippen LogP contribution in [0.25, 0.3) is 22.1 Å². The van der Waals surface area contributed by atoms with Crippen molar-refractivity contribution < 1.29 is 13.9 Å². The number of benzene rings is 1. The average Bonchev–Trinajstić information content (AvgIpc) is 2.96. The van der Waals surface area contributed by atoms with Gasteiger partial charge in [-0.05, 0) is 26.0 Å². The third-order valence-corrected chi connectivity index (χ3v) is 4.43. The summed E-state index contributed by atoms with van der Waals surface area (Å²) in [6.07, 6.45) is 1.39. The Kier molecular flexibility index (Phi) is 3.80. The predicted octanol–water partition coefficient (Wildman–Crippen LogP) is 1.78. The van der Waals surface area contributed by atoms with Crippen molar-refractivity contribution in [3.8, 4) is 0 Å². The molecule has 1 aromatic carbocycles. The molecule has 3 heterocycles. The minimum Gasteiger partial charge on any atom is -0.448 e. The maximum Gasteiger partial charge on any atom is 0.297 e. The molecule has 0 spiro atoms. The molecular formula is C18H19N3O4. The molecule has 2 aromatic heterocycles. The molecule has 1 aliphatic rings. The molecule has 130 valence electrons. The minimum absolute atomic E-state index is 0.0135. The molecule has 1 saturated heterocycles. The molecule has 1 amide bonds. The summed E-state index contributed by atoms with van der Waals surface area (Å²) in [7, 11) is 0. The van der Waals surface area contributed by atoms with Crippen molar-refractivity contribution in [3.05, 3.63) is 40.9 Å². The topological polar surface area (TPSA) is 77.6 Å². The molecule has 0 aliphatic carbocycles. The number of rotatable bonds is 2. The van der Waals surface area contributed by atoms with Gasteiger partial charge in [0.05, 0.1) is 18.5 Å². The van der Waals surface area contributed by atoms with Crippen LogP contribution in [0.5, 0.6) is 0 Å². The van der Waals surface area contributed by atoms with Gasteiger partial charge in [0.15, 0.2) is 0 Å². The molecular weight excluding hydrogens is 322 g/mol. The molecule has 0 N–H and O–H groups in total. The zero-order chi connectivity index (χ0) is 17.6. The van der Waals surface area contributed by atoms with Crippen LogP contribution in [0, 0.1) is 0 Å². The number of para-hydroxylation sites is 1. The van der Waals surface area contributed by atoms with E-state index in [1.54, 1.807) is 11.0 Å². The Morgan fingerprint density at radius 3 is 2.72 bits per heavy atom. The van der Waals surface area contributed by atoms with Crippen LogP contribution in [0.1, 0.15) is 13.8 Å². The average molecular weight is 341 g/mol. The number of carbonyl (C=O) groups excluding carboxylic acids is 1. The van der Waals surface area contributed by atoms with Crippen LogP contribution >= 0.6 is 0 Å². The quantitative estimate of drug-likeness (QED) is 0.710. The van der Waals surface area contributed by atoms with Gasteiger partial charge in [-0.25, -0.2) is 4.98 Å². The first-order valence-corrected chi connectivity index (χ1v) is 8.33. The third-order valence-electron chi connectivity index (χ3n) is 4.43. The summed E-state index contributed by atoms with van der Waals surface area (Å²) >= 11 is 0. The highest BCUT2D eigenvalue weighted by Crippen LogP contribution is 2.24. The van der Waals surface area contributed by atoms with Gasteiger partial charge in [0.1, 0.15) is 17.6 Å². The van der Waals surface area contributed by atoms with Gasteiger partial charge in [0, 0.05) is 18.5 Å². The largest absolute Gasteiger partial charge is 0.448 e. The number of morpholine rings is 1. The van der Waals surface area contributed by atoms with E-state index in [9.17, 15) is 9.59 Å². The van der Waals surface area contributed by atoms with Crippen LogP contribution < -0.4 is 5.56 Å². The summed E-state index contributed by atoms with van der Waals surface area (Å²) in [5, 5.41) is 0.795. The van der Waals surface area contributed by atoms with Gasteiger partial charge in [0.2, 0.25) is 11.5 Å². The summed E-state index contributed by atoms with van der Waals surface area (Å²) in [5.41, 5.74) is 0.976. The maximum atomic E-state index is 12.7. The van der Waals surface area contributed by atoms with E-state index >= 15 is 0 Å². The molecule has 1 aliphatic heterocycles. The van der Waals surface area contributed by atoms with Gasteiger partial charge in [-0.3, -0.25) is 14.2 Å². The second kappa shape index (κ2) is 6.00. The molecule has 7 nitrogen and oxygen atoms in total. The standard InChI is InChI=1S/C18H19N3O4/c1-11-7-20(8-12(2)24-11)15(22)9-21-10-19-16-13-5-3-4-6-14(13)25-17(16)18(21)23/h3-6,10-12H,7-9H2,1-2H3. The number of carbonyl (C=O) groups is 1. The molecule has 0 bridgehead atoms. The molecule has 1 fully saturated rings. The molecule has 2 atom stereocenters. The number of aromatic nitrogens is 2. The van der Waals surface area contributed by atoms with Crippen molar-refractivity contribution in [2.45, 2.75) is 32.6 Å². The Hall–Kier alpha value is -2.67. The highest BCUT2D eigenvalue weighted by atomic mass is 16.5. The minimum atomic E-state index is -0.344. The predicted molar refractivity (Wildman–Crippen MR) is 92.4 cm³/mol. The Morgan fingerprint density at radius 2 is 1.96 bits per heavy atom. The Labute approximate surface area is 143 Å². The zero-order valence-electron chi connectivity index (χ0n) is 14.1. The van der Waals surface area contributed by atoms with Crippen LogP contribution in [0.2, 0.25) is 0 Å². The van der Waals surface area contributed by atoms with Crippen LogP contribution in [-0.2, 0) is 16.1 Å². The van der Waals surface area contributed by atoms with Crippen LogP contribution in [-0.4, -0.2) is 45.7 Å². The molecule has 25 heavy (non-hydrogen) atoms. The monoisotopic (exact) mass is 341 g/mol. The van der Waals surface area contributed by atoms with E-state index in [1.807, 2.05) is 32.0 Å². The van der Waals surface area contributed by atoms with Crippen LogP contribution in [0.3, 0.4) is 0 Å². The van der Waals surface area contributed by atoms with E-state index in [4.69, 9.17) is 9.15 Å². The highest BCUT2D eigenvalue weighted by molar-refractivity contribution is 6.01. The van der Waals surface area contributed by atoms with Crippen molar-refractivity contribution >= 4 is 28.0 Å². The van der Waals surface area contributed by atoms with Gasteiger partial charge in [0.25, 0.3) is 5.56 Å². The van der Waals surface area contributed by atoms with E-state index in [1.165, 1.54) is 10.9 Å². The van der Waals surface area contributed by atoms with Crippen molar-refractivity contribution in [2.75, 3.05) is 13.1 Å². The van der Waals surface area contributed by atoms with Gasteiger partial charge >= 0.3 is 0 Å². The van der Waals surface area contributed by atoms with Gasteiger partial charge < -0.3 is 14.1 Å². The first-order chi connectivity index (χ1) is 12.0. The molecule has 7 heteroatoms. The summed E-state index contributed by atoms with van der Waals surface area (Å²) in [6, 6.07) is 7.37. The Bertz CT molecular complexity index is 996. The summed E-state index contributed by atoms with van der Waals surface area (Å²) in [6.45, 7) is 4.86. The van der Waals surface area contributed by atoms with E-state index in [0.29, 0.717) is 24.2 Å². The lowest BCUT2D eigenvalue weighted by atomic mass is 10.2. The summed E-state index contributed by atoms with van der Waals surface area (Å²) in [5.74, 6) is -0.124. The number of furan rings is 1. The second-order valence-corrected chi connectivity index (χ2v) is 6.51. The zero-order valence-corrected chi connectivity index (χ0v) is 14.1. The lowest BCUT2D eigenvalue weighted by Crippen LogP contribution is -2.49. The molecule has 4 rings (SSSR count). The van der Waals surface area contributed by atoms with Crippen molar-refractivity contribution in [3.63, 3.8) is 0 Å². The smallest absolute Gasteiger partial charge is 0.297 e. The van der Waals surface area contributed by atoms with Crippen LogP contribution in [0.15, 0.2) is 39.8 Å². The molecule has 0 saturated carbocycles. The molecule has 2 unspecified atom stereocenters. The second-order valence-electron chi connectivity index (χ2n) is 6.51. The van der Waals surface area contributed by atoms with Crippen molar-refractivity contribution in [1.29, 1.82) is 0 Å². The number of amides is 1. The summed E-state index contributed by atoms with van der Waals surface area (Å²) in [4.78, 5) is 31.3. The lowest BCUT2D eigenvalue weighted by Gasteiger charge is -2.35. The lowest BCUT2D eigenvalue weighted by molar-refractivity contribution is -0.143. The fourth-order valence-corrected chi connectivity index (χ4v) is 3.36. The van der Waals surface area contributed by atoms with Gasteiger partial charge in [-0.15, -0.1) is 0 Å². The first-order valence-electron chi connectivity index (χ1n) is 8.33. The maximum absolute atomic E-state index is 12.7.